The molecule has 0 radical (unpaired) electrons. The molecular formula is C14H21ClN4. The van der Waals surface area contributed by atoms with E-state index in [0.29, 0.717) is 11.9 Å². The average molecular weight is 281 g/mol. The standard InChI is InChI=1S/C14H21ClN4/c1-4-11(2)18(3)8-9-19-13(10-15)17-12-6-5-7-16-14(12)19/h5-7,11H,4,8-10H2,1-3H3. The van der Waals surface area contributed by atoms with Crippen molar-refractivity contribution in [1.82, 2.24) is 19.4 Å². The third kappa shape index (κ3) is 3.07. The van der Waals surface area contributed by atoms with Gasteiger partial charge < -0.3 is 9.47 Å². The Morgan fingerprint density at radius 2 is 2.26 bits per heavy atom. The van der Waals surface area contributed by atoms with Crippen molar-refractivity contribution in [3.63, 3.8) is 0 Å². The highest BCUT2D eigenvalue weighted by molar-refractivity contribution is 6.16. The van der Waals surface area contributed by atoms with Gasteiger partial charge in [0, 0.05) is 25.3 Å². The fraction of sp³-hybridized carbons (Fsp3) is 0.571. The fourth-order valence-electron chi connectivity index (χ4n) is 2.13. The van der Waals surface area contributed by atoms with Crippen LogP contribution in [0.15, 0.2) is 18.3 Å². The first-order chi connectivity index (χ1) is 9.17. The van der Waals surface area contributed by atoms with Gasteiger partial charge in [-0.15, -0.1) is 11.6 Å². The van der Waals surface area contributed by atoms with Crippen molar-refractivity contribution in [2.45, 2.75) is 38.7 Å². The number of halogens is 1. The van der Waals surface area contributed by atoms with Crippen LogP contribution in [0.5, 0.6) is 0 Å². The summed E-state index contributed by atoms with van der Waals surface area (Å²) in [5.74, 6) is 1.32. The molecule has 0 saturated heterocycles. The van der Waals surface area contributed by atoms with Crippen molar-refractivity contribution in [3.05, 3.63) is 24.2 Å². The van der Waals surface area contributed by atoms with Gasteiger partial charge in [-0.1, -0.05) is 6.92 Å². The lowest BCUT2D eigenvalue weighted by atomic mass is 10.2. The number of pyridine rings is 1. The number of likely N-dealkylation sites (N-methyl/N-ethyl adjacent to an activating group) is 1. The van der Waals surface area contributed by atoms with Gasteiger partial charge in [0.1, 0.15) is 11.3 Å². The van der Waals surface area contributed by atoms with E-state index in [-0.39, 0.29) is 0 Å². The van der Waals surface area contributed by atoms with E-state index in [0.717, 1.165) is 36.5 Å². The highest BCUT2D eigenvalue weighted by atomic mass is 35.5. The molecule has 0 fully saturated rings. The number of imidazole rings is 1. The molecule has 19 heavy (non-hydrogen) atoms. The molecule has 0 aliphatic heterocycles. The molecule has 2 heterocycles. The van der Waals surface area contributed by atoms with Crippen LogP contribution in [0.2, 0.25) is 0 Å². The molecule has 0 aliphatic rings. The van der Waals surface area contributed by atoms with Crippen molar-refractivity contribution in [2.75, 3.05) is 13.6 Å². The molecule has 0 spiro atoms. The molecule has 0 bridgehead atoms. The van der Waals surface area contributed by atoms with Crippen molar-refractivity contribution < 1.29 is 0 Å². The number of fused-ring (bicyclic) bond motifs is 1. The summed E-state index contributed by atoms with van der Waals surface area (Å²) in [5.41, 5.74) is 1.85. The Hall–Kier alpha value is -1.13. The topological polar surface area (TPSA) is 34.0 Å². The van der Waals surface area contributed by atoms with Crippen molar-refractivity contribution in [1.29, 1.82) is 0 Å². The SMILES string of the molecule is CCC(C)N(C)CCn1c(CCl)nc2cccnc21. The van der Waals surface area contributed by atoms with Crippen LogP contribution in [0.3, 0.4) is 0 Å². The van der Waals surface area contributed by atoms with Crippen LogP contribution in [0.1, 0.15) is 26.1 Å². The zero-order valence-electron chi connectivity index (χ0n) is 11.8. The summed E-state index contributed by atoms with van der Waals surface area (Å²) in [7, 11) is 2.15. The number of rotatable bonds is 6. The highest BCUT2D eigenvalue weighted by Gasteiger charge is 2.12. The first-order valence-electron chi connectivity index (χ1n) is 6.73. The molecule has 1 unspecified atom stereocenters. The van der Waals surface area contributed by atoms with Crippen LogP contribution in [0.25, 0.3) is 11.2 Å². The number of aromatic nitrogens is 3. The van der Waals surface area contributed by atoms with Crippen molar-refractivity contribution in [3.8, 4) is 0 Å². The molecule has 0 aliphatic carbocycles. The molecule has 2 aromatic heterocycles. The second-order valence-corrected chi connectivity index (χ2v) is 5.16. The van der Waals surface area contributed by atoms with E-state index in [1.807, 2.05) is 12.1 Å². The van der Waals surface area contributed by atoms with Gasteiger partial charge in [-0.3, -0.25) is 0 Å². The summed E-state index contributed by atoms with van der Waals surface area (Å²) in [6, 6.07) is 4.47. The Balaban J connectivity index is 2.19. The summed E-state index contributed by atoms with van der Waals surface area (Å²) < 4.78 is 2.13. The normalized spacial score (nSPS) is 13.3. The van der Waals surface area contributed by atoms with Crippen LogP contribution in [0, 0.1) is 0 Å². The molecule has 0 aromatic carbocycles. The molecular weight excluding hydrogens is 260 g/mol. The minimum absolute atomic E-state index is 0.420. The zero-order valence-corrected chi connectivity index (χ0v) is 12.6. The van der Waals surface area contributed by atoms with Crippen molar-refractivity contribution >= 4 is 22.8 Å². The molecule has 0 amide bonds. The Morgan fingerprint density at radius 3 is 2.95 bits per heavy atom. The van der Waals surface area contributed by atoms with Crippen LogP contribution in [-0.4, -0.2) is 39.1 Å². The summed E-state index contributed by atoms with van der Waals surface area (Å²) in [6.45, 7) is 6.30. The Morgan fingerprint density at radius 1 is 1.47 bits per heavy atom. The molecule has 0 saturated carbocycles. The summed E-state index contributed by atoms with van der Waals surface area (Å²) >= 11 is 5.98. The first-order valence-corrected chi connectivity index (χ1v) is 7.27. The second kappa shape index (κ2) is 6.35. The fourth-order valence-corrected chi connectivity index (χ4v) is 2.34. The molecule has 4 nitrogen and oxygen atoms in total. The van der Waals surface area contributed by atoms with Gasteiger partial charge >= 0.3 is 0 Å². The lowest BCUT2D eigenvalue weighted by molar-refractivity contribution is 0.242. The first kappa shape index (κ1) is 14.3. The molecule has 2 rings (SSSR count). The third-order valence-corrected chi connectivity index (χ3v) is 3.96. The van der Waals surface area contributed by atoms with Crippen LogP contribution in [0.4, 0.5) is 0 Å². The zero-order chi connectivity index (χ0) is 13.8. The van der Waals surface area contributed by atoms with Gasteiger partial charge in [-0.25, -0.2) is 9.97 Å². The smallest absolute Gasteiger partial charge is 0.160 e. The average Bonchev–Trinajstić information content (AvgIpc) is 2.81. The lowest BCUT2D eigenvalue weighted by Crippen LogP contribution is -2.31. The third-order valence-electron chi connectivity index (χ3n) is 3.72. The lowest BCUT2D eigenvalue weighted by Gasteiger charge is -2.23. The number of hydrogen-bond acceptors (Lipinski definition) is 3. The maximum atomic E-state index is 5.98. The van der Waals surface area contributed by atoms with E-state index >= 15 is 0 Å². The Labute approximate surface area is 119 Å². The van der Waals surface area contributed by atoms with Crippen LogP contribution in [-0.2, 0) is 12.4 Å². The van der Waals surface area contributed by atoms with Gasteiger partial charge in [0.25, 0.3) is 0 Å². The minimum atomic E-state index is 0.420. The molecule has 1 atom stereocenters. The molecule has 5 heteroatoms. The minimum Gasteiger partial charge on any atom is -0.310 e. The van der Waals surface area contributed by atoms with E-state index in [4.69, 9.17) is 11.6 Å². The monoisotopic (exact) mass is 280 g/mol. The number of hydrogen-bond donors (Lipinski definition) is 0. The van der Waals surface area contributed by atoms with Crippen LogP contribution < -0.4 is 0 Å². The summed E-state index contributed by atoms with van der Waals surface area (Å²) in [5, 5.41) is 0. The van der Waals surface area contributed by atoms with E-state index in [2.05, 4.69) is 40.3 Å². The van der Waals surface area contributed by atoms with E-state index in [1.54, 1.807) is 6.20 Å². The highest BCUT2D eigenvalue weighted by Crippen LogP contribution is 2.15. The van der Waals surface area contributed by atoms with E-state index in [1.165, 1.54) is 0 Å². The number of nitrogens with zero attached hydrogens (tertiary/aromatic N) is 4. The number of alkyl halides is 1. The van der Waals surface area contributed by atoms with E-state index in [9.17, 15) is 0 Å². The maximum Gasteiger partial charge on any atom is 0.160 e. The second-order valence-electron chi connectivity index (χ2n) is 4.90. The summed E-state index contributed by atoms with van der Waals surface area (Å²) in [4.78, 5) is 11.3. The van der Waals surface area contributed by atoms with Gasteiger partial charge in [0.15, 0.2) is 5.65 Å². The quantitative estimate of drug-likeness (QED) is 0.763. The van der Waals surface area contributed by atoms with E-state index < -0.39 is 0 Å². The van der Waals surface area contributed by atoms with Gasteiger partial charge in [0.05, 0.1) is 5.88 Å². The Bertz CT molecular complexity index is 537. The Kier molecular flexibility index (Phi) is 4.77. The summed E-state index contributed by atoms with van der Waals surface area (Å²) in [6.07, 6.45) is 2.96. The predicted molar refractivity (Wildman–Crippen MR) is 79.5 cm³/mol. The van der Waals surface area contributed by atoms with Gasteiger partial charge in [0.2, 0.25) is 0 Å². The van der Waals surface area contributed by atoms with Gasteiger partial charge in [-0.05, 0) is 32.5 Å². The maximum absolute atomic E-state index is 5.98. The van der Waals surface area contributed by atoms with Crippen LogP contribution >= 0.6 is 11.6 Å². The largest absolute Gasteiger partial charge is 0.310 e. The van der Waals surface area contributed by atoms with Crippen molar-refractivity contribution in [2.24, 2.45) is 0 Å². The molecule has 104 valence electrons. The predicted octanol–water partition coefficient (Wildman–Crippen LogP) is 2.90. The van der Waals surface area contributed by atoms with Gasteiger partial charge in [-0.2, -0.15) is 0 Å². The molecule has 2 aromatic rings. The molecule has 0 N–H and O–H groups in total.